The van der Waals surface area contributed by atoms with E-state index in [9.17, 15) is 0 Å². The molecule has 0 aliphatic rings. The zero-order valence-electron chi connectivity index (χ0n) is 13.7. The molecule has 0 aliphatic heterocycles. The zero-order chi connectivity index (χ0) is 14.2. The van der Waals surface area contributed by atoms with Crippen LogP contribution in [0.5, 0.6) is 0 Å². The van der Waals surface area contributed by atoms with E-state index in [2.05, 4.69) is 20.8 Å². The van der Waals surface area contributed by atoms with Crippen molar-refractivity contribution < 1.29 is 4.74 Å². The van der Waals surface area contributed by atoms with Crippen molar-refractivity contribution in [3.8, 4) is 0 Å². The monoisotopic (exact) mass is 268 g/mol. The van der Waals surface area contributed by atoms with Gasteiger partial charge in [0.1, 0.15) is 0 Å². The van der Waals surface area contributed by atoms with Gasteiger partial charge in [-0.25, -0.2) is 0 Å². The van der Waals surface area contributed by atoms with Gasteiger partial charge in [-0.15, -0.1) is 0 Å². The van der Waals surface area contributed by atoms with Gasteiger partial charge in [0.25, 0.3) is 0 Å². The molecule has 0 saturated carbocycles. The van der Waals surface area contributed by atoms with Crippen molar-refractivity contribution in [1.82, 2.24) is 0 Å². The summed E-state index contributed by atoms with van der Waals surface area (Å²) in [6.07, 6.45) is 17.9. The van der Waals surface area contributed by atoms with Gasteiger partial charge in [0.15, 0.2) is 0 Å². The van der Waals surface area contributed by atoms with Gasteiger partial charge in [-0.1, -0.05) is 72.1 Å². The van der Waals surface area contributed by atoms with Crippen LogP contribution in [0.2, 0.25) is 0 Å². The number of ether oxygens (including phenoxy) is 1. The fraction of sp³-hybridized carbons (Fsp3) is 0.889. The van der Waals surface area contributed by atoms with E-state index in [4.69, 9.17) is 4.74 Å². The minimum absolute atomic E-state index is 0.907. The second kappa shape index (κ2) is 15.6. The normalized spacial score (nSPS) is 11.8. The summed E-state index contributed by atoms with van der Waals surface area (Å²) in [5.74, 6) is 0. The fourth-order valence-corrected chi connectivity index (χ4v) is 2.22. The molecule has 0 aromatic heterocycles. The van der Waals surface area contributed by atoms with Gasteiger partial charge in [-0.05, 0) is 31.3 Å². The largest absolute Gasteiger partial charge is 0.501 e. The third kappa shape index (κ3) is 13.8. The molecule has 1 heteroatoms. The molecular weight excluding hydrogens is 232 g/mol. The number of rotatable bonds is 14. The minimum Gasteiger partial charge on any atom is -0.501 e. The van der Waals surface area contributed by atoms with E-state index in [1.165, 1.54) is 76.2 Å². The van der Waals surface area contributed by atoms with Crippen LogP contribution in [0.1, 0.15) is 97.8 Å². The summed E-state index contributed by atoms with van der Waals surface area (Å²) in [7, 11) is 0. The zero-order valence-corrected chi connectivity index (χ0v) is 13.7. The molecule has 0 bridgehead atoms. The molecule has 0 saturated heterocycles. The van der Waals surface area contributed by atoms with Crippen LogP contribution in [0.15, 0.2) is 11.8 Å². The maximum atomic E-state index is 5.67. The van der Waals surface area contributed by atoms with Crippen molar-refractivity contribution in [3.05, 3.63) is 11.8 Å². The van der Waals surface area contributed by atoms with Crippen LogP contribution in [0.4, 0.5) is 0 Å². The van der Waals surface area contributed by atoms with E-state index in [-0.39, 0.29) is 0 Å². The number of hydrogen-bond donors (Lipinski definition) is 0. The molecule has 0 heterocycles. The highest BCUT2D eigenvalue weighted by atomic mass is 16.5. The summed E-state index contributed by atoms with van der Waals surface area (Å²) in [6.45, 7) is 7.65. The van der Waals surface area contributed by atoms with E-state index in [1.807, 2.05) is 6.26 Å². The van der Waals surface area contributed by atoms with E-state index >= 15 is 0 Å². The topological polar surface area (TPSA) is 9.23 Å². The van der Waals surface area contributed by atoms with Crippen LogP contribution in [-0.4, -0.2) is 6.61 Å². The van der Waals surface area contributed by atoms with Crippen LogP contribution < -0.4 is 0 Å². The quantitative estimate of drug-likeness (QED) is 0.254. The van der Waals surface area contributed by atoms with E-state index < -0.39 is 0 Å². The first kappa shape index (κ1) is 18.5. The van der Waals surface area contributed by atoms with Crippen LogP contribution >= 0.6 is 0 Å². The summed E-state index contributed by atoms with van der Waals surface area (Å²) >= 11 is 0. The second-order valence-electron chi connectivity index (χ2n) is 5.58. The van der Waals surface area contributed by atoms with Crippen molar-refractivity contribution >= 4 is 0 Å². The first-order valence-electron chi connectivity index (χ1n) is 8.64. The maximum Gasteiger partial charge on any atom is 0.0873 e. The van der Waals surface area contributed by atoms with E-state index in [0.717, 1.165) is 13.0 Å². The Morgan fingerprint density at radius 1 is 0.737 bits per heavy atom. The number of allylic oxidation sites excluding steroid dienone is 1. The molecule has 0 aliphatic carbocycles. The summed E-state index contributed by atoms with van der Waals surface area (Å²) in [6, 6.07) is 0. The summed E-state index contributed by atoms with van der Waals surface area (Å²) in [5.41, 5.74) is 1.47. The molecule has 0 amide bonds. The molecule has 19 heavy (non-hydrogen) atoms. The Kier molecular flexibility index (Phi) is 15.2. The Labute approximate surface area is 121 Å². The lowest BCUT2D eigenvalue weighted by molar-refractivity contribution is 0.236. The van der Waals surface area contributed by atoms with Crippen molar-refractivity contribution in [1.29, 1.82) is 0 Å². The van der Waals surface area contributed by atoms with Crippen LogP contribution in [-0.2, 0) is 4.74 Å². The van der Waals surface area contributed by atoms with E-state index in [0.29, 0.717) is 0 Å². The van der Waals surface area contributed by atoms with Gasteiger partial charge in [0.05, 0.1) is 12.9 Å². The van der Waals surface area contributed by atoms with Crippen molar-refractivity contribution in [3.63, 3.8) is 0 Å². The first-order valence-corrected chi connectivity index (χ1v) is 8.64. The fourth-order valence-electron chi connectivity index (χ4n) is 2.22. The standard InChI is InChI=1S/C18H36O/c1-4-7-9-10-11-12-13-14-16-19-17-18(6-3)15-8-5-2/h17H,4-16H2,1-3H3/b18-17-. The average molecular weight is 268 g/mol. The molecule has 0 atom stereocenters. The third-order valence-corrected chi connectivity index (χ3v) is 3.67. The molecule has 0 aromatic rings. The van der Waals surface area contributed by atoms with Gasteiger partial charge < -0.3 is 4.74 Å². The Morgan fingerprint density at radius 3 is 1.89 bits per heavy atom. The van der Waals surface area contributed by atoms with E-state index in [1.54, 1.807) is 0 Å². The van der Waals surface area contributed by atoms with Gasteiger partial charge in [-0.3, -0.25) is 0 Å². The van der Waals surface area contributed by atoms with Gasteiger partial charge in [0.2, 0.25) is 0 Å². The molecule has 0 spiro atoms. The molecular formula is C18H36O. The Balaban J connectivity index is 3.30. The predicted octanol–water partition coefficient (Wildman–Crippen LogP) is 6.63. The number of unbranched alkanes of at least 4 members (excludes halogenated alkanes) is 8. The van der Waals surface area contributed by atoms with Crippen LogP contribution in [0, 0.1) is 0 Å². The average Bonchev–Trinajstić information content (AvgIpc) is 2.44. The first-order chi connectivity index (χ1) is 9.35. The van der Waals surface area contributed by atoms with Crippen molar-refractivity contribution in [2.45, 2.75) is 97.8 Å². The molecule has 0 radical (unpaired) electrons. The molecule has 0 unspecified atom stereocenters. The maximum absolute atomic E-state index is 5.67. The highest BCUT2D eigenvalue weighted by Gasteiger charge is 1.95. The lowest BCUT2D eigenvalue weighted by atomic mass is 10.1. The van der Waals surface area contributed by atoms with Crippen molar-refractivity contribution in [2.75, 3.05) is 6.61 Å². The van der Waals surface area contributed by atoms with Crippen molar-refractivity contribution in [2.24, 2.45) is 0 Å². The molecule has 1 nitrogen and oxygen atoms in total. The predicted molar refractivity (Wildman–Crippen MR) is 86.5 cm³/mol. The summed E-state index contributed by atoms with van der Waals surface area (Å²) < 4.78 is 5.67. The molecule has 0 aromatic carbocycles. The van der Waals surface area contributed by atoms with Gasteiger partial charge in [-0.2, -0.15) is 0 Å². The smallest absolute Gasteiger partial charge is 0.0873 e. The van der Waals surface area contributed by atoms with Gasteiger partial charge >= 0.3 is 0 Å². The minimum atomic E-state index is 0.907. The lowest BCUT2D eigenvalue weighted by Crippen LogP contribution is -1.91. The summed E-state index contributed by atoms with van der Waals surface area (Å²) in [4.78, 5) is 0. The Morgan fingerprint density at radius 2 is 1.32 bits per heavy atom. The lowest BCUT2D eigenvalue weighted by Gasteiger charge is -2.06. The summed E-state index contributed by atoms with van der Waals surface area (Å²) in [5, 5.41) is 0. The van der Waals surface area contributed by atoms with Gasteiger partial charge in [0, 0.05) is 0 Å². The molecule has 0 fully saturated rings. The number of hydrogen-bond acceptors (Lipinski definition) is 1. The SMILES string of the molecule is CCCCCCCCCCO/C=C(/CC)CCCC. The Bertz CT molecular complexity index is 196. The Hall–Kier alpha value is -0.460. The second-order valence-corrected chi connectivity index (χ2v) is 5.58. The molecule has 0 N–H and O–H groups in total. The van der Waals surface area contributed by atoms with Crippen LogP contribution in [0.3, 0.4) is 0 Å². The highest BCUT2D eigenvalue weighted by Crippen LogP contribution is 2.12. The highest BCUT2D eigenvalue weighted by molar-refractivity contribution is 4.96. The molecule has 0 rings (SSSR count). The van der Waals surface area contributed by atoms with Crippen LogP contribution in [0.25, 0.3) is 0 Å². The third-order valence-electron chi connectivity index (χ3n) is 3.67. The molecule has 114 valence electrons.